The lowest BCUT2D eigenvalue weighted by atomic mass is 10.1. The summed E-state index contributed by atoms with van der Waals surface area (Å²) >= 11 is 0. The Hall–Kier alpha value is -5.09. The van der Waals surface area contributed by atoms with Crippen LogP contribution in [0.4, 0.5) is 0 Å². The zero-order valence-electron chi connectivity index (χ0n) is 47.6. The Morgan fingerprint density at radius 3 is 1.07 bits per heavy atom. The van der Waals surface area contributed by atoms with Crippen LogP contribution in [0.5, 0.6) is 0 Å². The van der Waals surface area contributed by atoms with Crippen LogP contribution in [0.25, 0.3) is 0 Å². The molecule has 420 valence electrons. The monoisotopic (exact) mass is 1040 g/mol. The first-order valence-electron chi connectivity index (χ1n) is 28.6. The fourth-order valence-electron chi connectivity index (χ4n) is 6.93. The summed E-state index contributed by atoms with van der Waals surface area (Å²) in [5.74, 6) is -2.37. The number of rotatable bonds is 50. The number of allylic oxidation sites excluding steroid dienone is 26. The van der Waals surface area contributed by atoms with E-state index in [0.717, 1.165) is 141 Å². The summed E-state index contributed by atoms with van der Waals surface area (Å²) < 4.78 is 22.6. The highest BCUT2D eigenvalue weighted by Crippen LogP contribution is 2.12. The SMILES string of the molecule is CC/C=C\C/C=C\C/C=C\C/C=C\C/C=C\C/C=C\C/C=C\C/C=C\C/C=C\CCCCCCCC(=O)OC(COC(=O)CCCCCC/C=C\C/C=C\C/C=C\C/C=C\CC)COC(OCC[N+](C)(C)C)C(=O)[O-]. The van der Waals surface area contributed by atoms with E-state index in [0.29, 0.717) is 23.9 Å². The summed E-state index contributed by atoms with van der Waals surface area (Å²) in [5, 5.41) is 11.8. The molecular formula is C66H103NO8. The molecule has 0 aromatic rings. The van der Waals surface area contributed by atoms with E-state index in [1.807, 2.05) is 21.1 Å². The lowest BCUT2D eigenvalue weighted by molar-refractivity contribution is -0.870. The molecule has 0 aliphatic heterocycles. The predicted octanol–water partition coefficient (Wildman–Crippen LogP) is 15.7. The number of carboxylic acid groups (broad SMARTS) is 1. The minimum Gasteiger partial charge on any atom is -0.545 e. The minimum atomic E-state index is -1.64. The first kappa shape index (κ1) is 69.9. The van der Waals surface area contributed by atoms with Gasteiger partial charge in [0.05, 0.1) is 40.3 Å². The molecule has 0 rings (SSSR count). The molecule has 0 fully saturated rings. The second-order valence-electron chi connectivity index (χ2n) is 19.5. The van der Waals surface area contributed by atoms with E-state index in [-0.39, 0.29) is 32.7 Å². The Balaban J connectivity index is 4.36. The molecule has 0 amide bonds. The number of hydrogen-bond donors (Lipinski definition) is 0. The molecule has 0 N–H and O–H groups in total. The van der Waals surface area contributed by atoms with Gasteiger partial charge in [-0.15, -0.1) is 0 Å². The molecule has 0 radical (unpaired) electrons. The smallest absolute Gasteiger partial charge is 0.306 e. The largest absolute Gasteiger partial charge is 0.545 e. The number of carbonyl (C=O) groups excluding carboxylic acids is 3. The van der Waals surface area contributed by atoms with Crippen LogP contribution >= 0.6 is 0 Å². The molecule has 0 aliphatic rings. The van der Waals surface area contributed by atoms with Gasteiger partial charge < -0.3 is 33.3 Å². The molecule has 75 heavy (non-hydrogen) atoms. The highest BCUT2D eigenvalue weighted by Gasteiger charge is 2.22. The summed E-state index contributed by atoms with van der Waals surface area (Å²) in [5.41, 5.74) is 0. The Labute approximate surface area is 457 Å². The lowest BCUT2D eigenvalue weighted by Gasteiger charge is -2.26. The quantitative estimate of drug-likeness (QED) is 0.0195. The Morgan fingerprint density at radius 1 is 0.400 bits per heavy atom. The molecule has 0 bridgehead atoms. The molecule has 0 aromatic heterocycles. The molecule has 0 heterocycles. The van der Waals surface area contributed by atoms with Crippen LogP contribution < -0.4 is 5.11 Å². The van der Waals surface area contributed by atoms with Crippen LogP contribution in [0.3, 0.4) is 0 Å². The van der Waals surface area contributed by atoms with Crippen molar-refractivity contribution in [2.75, 3.05) is 47.5 Å². The summed E-state index contributed by atoms with van der Waals surface area (Å²) in [7, 11) is 5.89. The molecule has 0 saturated heterocycles. The maximum Gasteiger partial charge on any atom is 0.306 e. The highest BCUT2D eigenvalue weighted by atomic mass is 16.7. The van der Waals surface area contributed by atoms with E-state index < -0.39 is 30.3 Å². The fraction of sp³-hybridized carbons (Fsp3) is 0.561. The van der Waals surface area contributed by atoms with E-state index in [1.54, 1.807) is 0 Å². The summed E-state index contributed by atoms with van der Waals surface area (Å²) in [6.45, 7) is 4.43. The van der Waals surface area contributed by atoms with Crippen molar-refractivity contribution in [1.82, 2.24) is 0 Å². The topological polar surface area (TPSA) is 111 Å². The molecule has 9 nitrogen and oxygen atoms in total. The maximum absolute atomic E-state index is 12.9. The van der Waals surface area contributed by atoms with Crippen molar-refractivity contribution in [2.24, 2.45) is 0 Å². The predicted molar refractivity (Wildman–Crippen MR) is 315 cm³/mol. The van der Waals surface area contributed by atoms with Gasteiger partial charge in [-0.1, -0.05) is 204 Å². The van der Waals surface area contributed by atoms with Crippen molar-refractivity contribution in [1.29, 1.82) is 0 Å². The lowest BCUT2D eigenvalue weighted by Crippen LogP contribution is -2.44. The van der Waals surface area contributed by atoms with E-state index in [4.69, 9.17) is 18.9 Å². The van der Waals surface area contributed by atoms with Crippen molar-refractivity contribution in [3.05, 3.63) is 158 Å². The van der Waals surface area contributed by atoms with Crippen molar-refractivity contribution in [2.45, 2.75) is 193 Å². The highest BCUT2D eigenvalue weighted by molar-refractivity contribution is 5.70. The number of carboxylic acids is 1. The number of quaternary nitrogens is 1. The molecule has 2 unspecified atom stereocenters. The van der Waals surface area contributed by atoms with Gasteiger partial charge >= 0.3 is 11.9 Å². The fourth-order valence-corrected chi connectivity index (χ4v) is 6.93. The van der Waals surface area contributed by atoms with Gasteiger partial charge in [0.2, 0.25) is 0 Å². The molecule has 0 aromatic carbocycles. The molecular weight excluding hydrogens is 935 g/mol. The third kappa shape index (κ3) is 56.5. The minimum absolute atomic E-state index is 0.129. The van der Waals surface area contributed by atoms with Gasteiger partial charge in [0.1, 0.15) is 13.2 Å². The number of nitrogens with zero attached hydrogens (tertiary/aromatic N) is 1. The van der Waals surface area contributed by atoms with Crippen molar-refractivity contribution in [3.8, 4) is 0 Å². The molecule has 9 heteroatoms. The molecule has 0 spiro atoms. The van der Waals surface area contributed by atoms with Crippen LogP contribution in [-0.4, -0.2) is 82.3 Å². The van der Waals surface area contributed by atoms with Crippen LogP contribution in [0.1, 0.15) is 181 Å². The molecule has 0 aliphatic carbocycles. The number of likely N-dealkylation sites (N-methyl/N-ethyl adjacent to an activating group) is 1. The van der Waals surface area contributed by atoms with E-state index in [9.17, 15) is 19.5 Å². The first-order valence-corrected chi connectivity index (χ1v) is 28.6. The first-order chi connectivity index (χ1) is 36.6. The second-order valence-corrected chi connectivity index (χ2v) is 19.5. The zero-order chi connectivity index (χ0) is 54.8. The third-order valence-corrected chi connectivity index (χ3v) is 11.3. The number of ether oxygens (including phenoxy) is 4. The van der Waals surface area contributed by atoms with E-state index in [2.05, 4.69) is 172 Å². The summed E-state index contributed by atoms with van der Waals surface area (Å²) in [6.07, 6.45) is 78.6. The number of carbonyl (C=O) groups is 3. The van der Waals surface area contributed by atoms with Crippen LogP contribution in [0.15, 0.2) is 158 Å². The number of aliphatic carboxylic acids is 1. The van der Waals surface area contributed by atoms with Gasteiger partial charge in [0.15, 0.2) is 12.4 Å². The number of unbranched alkanes of at least 4 members (excludes halogenated alkanes) is 9. The average molecular weight is 1040 g/mol. The van der Waals surface area contributed by atoms with Crippen LogP contribution in [0.2, 0.25) is 0 Å². The normalized spacial score (nSPS) is 14.0. The van der Waals surface area contributed by atoms with Crippen molar-refractivity contribution < 1.29 is 42.9 Å². The second kappa shape index (κ2) is 55.2. The Bertz CT molecular complexity index is 1780. The summed E-state index contributed by atoms with van der Waals surface area (Å²) in [4.78, 5) is 37.2. The van der Waals surface area contributed by atoms with Gasteiger partial charge in [-0.3, -0.25) is 9.59 Å². The van der Waals surface area contributed by atoms with Crippen molar-refractivity contribution >= 4 is 17.9 Å². The van der Waals surface area contributed by atoms with Gasteiger partial charge in [-0.25, -0.2) is 0 Å². The maximum atomic E-state index is 12.9. The van der Waals surface area contributed by atoms with Gasteiger partial charge in [0, 0.05) is 12.8 Å². The van der Waals surface area contributed by atoms with Crippen molar-refractivity contribution in [3.63, 3.8) is 0 Å². The van der Waals surface area contributed by atoms with Gasteiger partial charge in [-0.2, -0.15) is 0 Å². The van der Waals surface area contributed by atoms with Gasteiger partial charge in [-0.05, 0) is 122 Å². The Morgan fingerprint density at radius 2 is 0.720 bits per heavy atom. The number of hydrogen-bond acceptors (Lipinski definition) is 8. The van der Waals surface area contributed by atoms with E-state index >= 15 is 0 Å². The van der Waals surface area contributed by atoms with Gasteiger partial charge in [0.25, 0.3) is 0 Å². The standard InChI is InChI=1S/C66H103NO8/c1-6-8-10-12-14-16-18-20-22-24-25-26-27-28-29-30-31-32-33-34-35-36-37-38-39-41-43-45-47-49-51-53-55-57-64(69)75-62(61-74-66(65(70)71)72-59-58-67(3,4)5)60-73-63(68)56-54-52-50-48-46-44-42-40-23-21-19-17-15-13-11-9-7-2/h8-11,14-17,20-23,25-26,28-29,31-32,34-35,37-38,41-44,62,66H,6-7,12-13,18-19,24,27,30,33,36,39-40,45-61H2,1-5H3/b10-8-,11-9-,16-14-,17-15-,22-20-,23-21-,26-25-,29-28-,32-31-,35-34-,38-37-,43-41-,44-42-. The average Bonchev–Trinajstić information content (AvgIpc) is 3.38. The van der Waals surface area contributed by atoms with E-state index in [1.165, 1.54) is 0 Å². The molecule has 0 saturated carbocycles. The molecule has 2 atom stereocenters. The summed E-state index contributed by atoms with van der Waals surface area (Å²) in [6, 6.07) is 0. The van der Waals surface area contributed by atoms with Crippen LogP contribution in [-0.2, 0) is 33.3 Å². The van der Waals surface area contributed by atoms with Crippen LogP contribution in [0, 0.1) is 0 Å². The number of esters is 2. The Kier molecular flexibility index (Phi) is 51.4. The third-order valence-electron chi connectivity index (χ3n) is 11.3. The zero-order valence-corrected chi connectivity index (χ0v) is 47.6.